The molecule has 1 aliphatic rings. The van der Waals surface area contributed by atoms with Crippen molar-refractivity contribution < 1.29 is 19.1 Å². The van der Waals surface area contributed by atoms with Crippen molar-refractivity contribution in [1.29, 1.82) is 0 Å². The van der Waals surface area contributed by atoms with E-state index < -0.39 is 0 Å². The molecule has 1 N–H and O–H groups in total. The maximum Gasteiger partial charge on any atom is 0.246 e. The summed E-state index contributed by atoms with van der Waals surface area (Å²) in [7, 11) is 3.18. The molecule has 31 heavy (non-hydrogen) atoms. The highest BCUT2D eigenvalue weighted by Crippen LogP contribution is 2.25. The number of nitrogens with one attached hydrogen (secondary N) is 1. The minimum atomic E-state index is -0.127. The fourth-order valence-corrected chi connectivity index (χ4v) is 3.50. The third-order valence-corrected chi connectivity index (χ3v) is 5.37. The van der Waals surface area contributed by atoms with Crippen LogP contribution in [0.25, 0.3) is 6.08 Å². The molecule has 2 aromatic rings. The van der Waals surface area contributed by atoms with Gasteiger partial charge in [-0.3, -0.25) is 14.5 Å². The highest BCUT2D eigenvalue weighted by molar-refractivity contribution is 6.33. The summed E-state index contributed by atoms with van der Waals surface area (Å²) in [6.45, 7) is 2.61. The van der Waals surface area contributed by atoms with Crippen molar-refractivity contribution in [1.82, 2.24) is 9.80 Å². The van der Waals surface area contributed by atoms with Crippen LogP contribution in [0.2, 0.25) is 5.02 Å². The number of ether oxygens (including phenoxy) is 2. The van der Waals surface area contributed by atoms with Gasteiger partial charge in [0.1, 0.15) is 11.5 Å². The second kappa shape index (κ2) is 10.8. The van der Waals surface area contributed by atoms with Crippen molar-refractivity contribution in [3.63, 3.8) is 0 Å². The first-order chi connectivity index (χ1) is 15.0. The van der Waals surface area contributed by atoms with Gasteiger partial charge in [0.2, 0.25) is 11.8 Å². The van der Waals surface area contributed by atoms with Crippen LogP contribution in [0.1, 0.15) is 5.56 Å². The van der Waals surface area contributed by atoms with Crippen LogP contribution >= 0.6 is 11.6 Å². The lowest BCUT2D eigenvalue weighted by atomic mass is 10.1. The van der Waals surface area contributed by atoms with E-state index in [1.165, 1.54) is 6.08 Å². The summed E-state index contributed by atoms with van der Waals surface area (Å²) in [5.74, 6) is 1.15. The number of amides is 2. The SMILES string of the molecule is COc1ccc(OC)c(/C=C/C(=O)N2CCN(CC(=O)Nc3ccccc3Cl)CC2)c1. The standard InChI is InChI=1S/C23H26ClN3O4/c1-30-18-8-9-21(31-2)17(15-18)7-10-23(29)27-13-11-26(12-14-27)16-22(28)25-20-6-4-3-5-19(20)24/h3-10,15H,11-14,16H2,1-2H3,(H,25,28)/b10-7+. The van der Waals surface area contributed by atoms with Crippen LogP contribution in [0.15, 0.2) is 48.5 Å². The van der Waals surface area contributed by atoms with Crippen LogP contribution in [0, 0.1) is 0 Å². The maximum absolute atomic E-state index is 12.6. The molecule has 3 rings (SSSR count). The van der Waals surface area contributed by atoms with Crippen molar-refractivity contribution in [2.45, 2.75) is 0 Å². The maximum atomic E-state index is 12.6. The lowest BCUT2D eigenvalue weighted by Crippen LogP contribution is -2.50. The average molecular weight is 444 g/mol. The zero-order valence-corrected chi connectivity index (χ0v) is 18.4. The predicted octanol–water partition coefficient (Wildman–Crippen LogP) is 3.15. The number of carbonyl (C=O) groups excluding carboxylic acids is 2. The van der Waals surface area contributed by atoms with Gasteiger partial charge >= 0.3 is 0 Å². The second-order valence-corrected chi connectivity index (χ2v) is 7.48. The molecule has 1 heterocycles. The topological polar surface area (TPSA) is 71.1 Å². The van der Waals surface area contributed by atoms with E-state index in [0.29, 0.717) is 48.4 Å². The van der Waals surface area contributed by atoms with Crippen LogP contribution < -0.4 is 14.8 Å². The molecule has 164 valence electrons. The molecule has 0 bridgehead atoms. The highest BCUT2D eigenvalue weighted by atomic mass is 35.5. The van der Waals surface area contributed by atoms with E-state index in [4.69, 9.17) is 21.1 Å². The lowest BCUT2D eigenvalue weighted by Gasteiger charge is -2.33. The molecule has 1 aliphatic heterocycles. The van der Waals surface area contributed by atoms with Crippen molar-refractivity contribution in [3.05, 3.63) is 59.1 Å². The van der Waals surface area contributed by atoms with E-state index >= 15 is 0 Å². The lowest BCUT2D eigenvalue weighted by molar-refractivity contribution is -0.127. The molecule has 0 aromatic heterocycles. The van der Waals surface area contributed by atoms with Gasteiger partial charge in [-0.2, -0.15) is 0 Å². The van der Waals surface area contributed by atoms with Gasteiger partial charge in [0.05, 0.1) is 31.5 Å². The minimum absolute atomic E-state index is 0.0787. The summed E-state index contributed by atoms with van der Waals surface area (Å²) in [5, 5.41) is 3.33. The van der Waals surface area contributed by atoms with Gasteiger partial charge in [-0.05, 0) is 36.4 Å². The molecule has 1 saturated heterocycles. The fourth-order valence-electron chi connectivity index (χ4n) is 3.32. The number of hydrogen-bond acceptors (Lipinski definition) is 5. The first kappa shape index (κ1) is 22.7. The van der Waals surface area contributed by atoms with Gasteiger partial charge < -0.3 is 19.7 Å². The fraction of sp³-hybridized carbons (Fsp3) is 0.304. The quantitative estimate of drug-likeness (QED) is 0.665. The highest BCUT2D eigenvalue weighted by Gasteiger charge is 2.21. The van der Waals surface area contributed by atoms with E-state index in [1.54, 1.807) is 49.5 Å². The molecule has 0 unspecified atom stereocenters. The van der Waals surface area contributed by atoms with Crippen LogP contribution in [-0.2, 0) is 9.59 Å². The third kappa shape index (κ3) is 6.23. The van der Waals surface area contributed by atoms with Gasteiger partial charge in [0, 0.05) is 37.8 Å². The smallest absolute Gasteiger partial charge is 0.246 e. The summed E-state index contributed by atoms with van der Waals surface area (Å²) in [5.41, 5.74) is 1.37. The molecule has 0 atom stereocenters. The largest absolute Gasteiger partial charge is 0.497 e. The molecule has 2 aromatic carbocycles. The van der Waals surface area contributed by atoms with E-state index in [0.717, 1.165) is 5.56 Å². The van der Waals surface area contributed by atoms with Gasteiger partial charge in [-0.25, -0.2) is 0 Å². The zero-order chi connectivity index (χ0) is 22.2. The minimum Gasteiger partial charge on any atom is -0.497 e. The summed E-state index contributed by atoms with van der Waals surface area (Å²) in [6.07, 6.45) is 3.27. The first-order valence-corrected chi connectivity index (χ1v) is 10.3. The molecule has 2 amide bonds. The molecule has 0 aliphatic carbocycles. The van der Waals surface area contributed by atoms with Crippen molar-refractivity contribution in [2.24, 2.45) is 0 Å². The molecule has 1 fully saturated rings. The number of carbonyl (C=O) groups is 2. The number of para-hydroxylation sites is 1. The summed E-state index contributed by atoms with van der Waals surface area (Å²) in [6, 6.07) is 12.6. The Kier molecular flexibility index (Phi) is 7.92. The van der Waals surface area contributed by atoms with Gasteiger partial charge in [0.25, 0.3) is 0 Å². The third-order valence-electron chi connectivity index (χ3n) is 5.04. The van der Waals surface area contributed by atoms with Gasteiger partial charge in [-0.1, -0.05) is 23.7 Å². The Hall–Kier alpha value is -3.03. The Morgan fingerprint density at radius 1 is 1.06 bits per heavy atom. The Balaban J connectivity index is 1.50. The Bertz CT molecular complexity index is 956. The Morgan fingerprint density at radius 2 is 1.81 bits per heavy atom. The number of methoxy groups -OCH3 is 2. The van der Waals surface area contributed by atoms with Gasteiger partial charge in [-0.15, -0.1) is 0 Å². The molecule has 7 nitrogen and oxygen atoms in total. The Morgan fingerprint density at radius 3 is 2.48 bits per heavy atom. The van der Waals surface area contributed by atoms with Crippen LogP contribution in [0.4, 0.5) is 5.69 Å². The van der Waals surface area contributed by atoms with Crippen molar-refractivity contribution in [2.75, 3.05) is 52.3 Å². The molecule has 0 spiro atoms. The summed E-state index contributed by atoms with van der Waals surface area (Å²) < 4.78 is 10.6. The van der Waals surface area contributed by atoms with E-state index in [1.807, 2.05) is 23.1 Å². The summed E-state index contributed by atoms with van der Waals surface area (Å²) in [4.78, 5) is 28.7. The van der Waals surface area contributed by atoms with Crippen molar-refractivity contribution >= 4 is 35.2 Å². The number of anilines is 1. The Labute approximate surface area is 187 Å². The predicted molar refractivity (Wildman–Crippen MR) is 122 cm³/mol. The van der Waals surface area contributed by atoms with E-state index in [2.05, 4.69) is 5.32 Å². The number of hydrogen-bond donors (Lipinski definition) is 1. The van der Waals surface area contributed by atoms with Gasteiger partial charge in [0.15, 0.2) is 0 Å². The van der Waals surface area contributed by atoms with E-state index in [-0.39, 0.29) is 18.4 Å². The number of piperazine rings is 1. The van der Waals surface area contributed by atoms with E-state index in [9.17, 15) is 9.59 Å². The normalized spacial score (nSPS) is 14.5. The zero-order valence-electron chi connectivity index (χ0n) is 17.6. The molecular formula is C23H26ClN3O4. The van der Waals surface area contributed by atoms with Crippen LogP contribution in [0.5, 0.6) is 11.5 Å². The molecular weight excluding hydrogens is 418 g/mol. The van der Waals surface area contributed by atoms with Crippen LogP contribution in [0.3, 0.4) is 0 Å². The number of rotatable bonds is 7. The number of benzene rings is 2. The van der Waals surface area contributed by atoms with Crippen LogP contribution in [-0.4, -0.2) is 68.6 Å². The first-order valence-electron chi connectivity index (χ1n) is 9.96. The molecule has 0 saturated carbocycles. The molecule has 8 heteroatoms. The molecule has 0 radical (unpaired) electrons. The summed E-state index contributed by atoms with van der Waals surface area (Å²) >= 11 is 6.08. The second-order valence-electron chi connectivity index (χ2n) is 7.07. The monoisotopic (exact) mass is 443 g/mol. The number of nitrogens with zero attached hydrogens (tertiary/aromatic N) is 2. The average Bonchev–Trinajstić information content (AvgIpc) is 2.79. The van der Waals surface area contributed by atoms with Crippen molar-refractivity contribution in [3.8, 4) is 11.5 Å². The number of halogens is 1.